The normalized spacial score (nSPS) is 20.6. The standard InChI is InChI=1S/C14H17BrFN3S/c1-18-5-3-2-4-9(18)8-19-13-7-11(16)10(15)6-12(13)17-14(19)20/h6-7,9H,2-5,8H2,1H3,(H,17,20). The number of benzene rings is 1. The summed E-state index contributed by atoms with van der Waals surface area (Å²) in [6, 6.07) is 3.77. The third-order valence-corrected chi connectivity index (χ3v) is 5.06. The van der Waals surface area contributed by atoms with Crippen molar-refractivity contribution in [1.29, 1.82) is 0 Å². The third kappa shape index (κ3) is 2.56. The SMILES string of the molecule is CN1CCCCC1Cn1c(=S)[nH]c2cc(Br)c(F)cc21. The summed E-state index contributed by atoms with van der Waals surface area (Å²) in [6.45, 7) is 1.94. The third-order valence-electron chi connectivity index (χ3n) is 4.13. The molecule has 2 heterocycles. The second-order valence-electron chi connectivity index (χ2n) is 5.45. The fourth-order valence-corrected chi connectivity index (χ4v) is 3.54. The van der Waals surface area contributed by atoms with Gasteiger partial charge in [-0.25, -0.2) is 4.39 Å². The van der Waals surface area contributed by atoms with Crippen molar-refractivity contribution in [3.63, 3.8) is 0 Å². The Bertz CT molecular complexity index is 694. The van der Waals surface area contributed by atoms with Gasteiger partial charge in [-0.1, -0.05) is 6.42 Å². The number of aromatic nitrogens is 2. The molecule has 0 radical (unpaired) electrons. The van der Waals surface area contributed by atoms with Crippen LogP contribution in [0, 0.1) is 10.6 Å². The van der Waals surface area contributed by atoms with Crippen molar-refractivity contribution < 1.29 is 4.39 Å². The number of hydrogen-bond acceptors (Lipinski definition) is 2. The van der Waals surface area contributed by atoms with E-state index in [-0.39, 0.29) is 5.82 Å². The predicted octanol–water partition coefficient (Wildman–Crippen LogP) is 4.08. The smallest absolute Gasteiger partial charge is 0.178 e. The maximum Gasteiger partial charge on any atom is 0.178 e. The summed E-state index contributed by atoms with van der Waals surface area (Å²) in [4.78, 5) is 5.54. The van der Waals surface area contributed by atoms with Gasteiger partial charge in [0, 0.05) is 18.7 Å². The molecular formula is C14H17BrFN3S. The van der Waals surface area contributed by atoms with Gasteiger partial charge in [0.25, 0.3) is 0 Å². The molecule has 0 saturated carbocycles. The molecule has 3 rings (SSSR count). The van der Waals surface area contributed by atoms with Crippen LogP contribution in [0.4, 0.5) is 4.39 Å². The van der Waals surface area contributed by atoms with Gasteiger partial charge in [0.05, 0.1) is 15.5 Å². The zero-order valence-corrected chi connectivity index (χ0v) is 13.7. The van der Waals surface area contributed by atoms with Crippen molar-refractivity contribution in [3.05, 3.63) is 27.2 Å². The number of likely N-dealkylation sites (N-methyl/N-ethyl adjacent to an activating group) is 1. The van der Waals surface area contributed by atoms with E-state index in [1.54, 1.807) is 12.1 Å². The zero-order valence-electron chi connectivity index (χ0n) is 11.3. The summed E-state index contributed by atoms with van der Waals surface area (Å²) in [7, 11) is 2.15. The van der Waals surface area contributed by atoms with Gasteiger partial charge in [-0.05, 0) is 60.6 Å². The lowest BCUT2D eigenvalue weighted by Gasteiger charge is -2.32. The lowest BCUT2D eigenvalue weighted by molar-refractivity contribution is 0.168. The molecule has 1 aromatic heterocycles. The molecule has 1 aliphatic heterocycles. The van der Waals surface area contributed by atoms with Gasteiger partial charge in [-0.15, -0.1) is 0 Å². The number of H-pyrrole nitrogens is 1. The molecule has 2 aromatic rings. The number of nitrogens with one attached hydrogen (secondary N) is 1. The number of fused-ring (bicyclic) bond motifs is 1. The highest BCUT2D eigenvalue weighted by atomic mass is 79.9. The second kappa shape index (κ2) is 5.58. The van der Waals surface area contributed by atoms with E-state index in [1.807, 2.05) is 4.57 Å². The largest absolute Gasteiger partial charge is 0.331 e. The summed E-state index contributed by atoms with van der Waals surface area (Å²) < 4.78 is 16.9. The fourth-order valence-electron chi connectivity index (χ4n) is 2.92. The first-order valence-corrected chi connectivity index (χ1v) is 8.04. The molecule has 1 aromatic carbocycles. The van der Waals surface area contributed by atoms with Crippen molar-refractivity contribution in [1.82, 2.24) is 14.5 Å². The Morgan fingerprint density at radius 3 is 3.00 bits per heavy atom. The predicted molar refractivity (Wildman–Crippen MR) is 85.0 cm³/mol. The van der Waals surface area contributed by atoms with E-state index in [4.69, 9.17) is 12.2 Å². The maximum absolute atomic E-state index is 13.8. The topological polar surface area (TPSA) is 24.0 Å². The van der Waals surface area contributed by atoms with Crippen LogP contribution in [-0.4, -0.2) is 34.1 Å². The van der Waals surface area contributed by atoms with Crippen LogP contribution in [0.15, 0.2) is 16.6 Å². The molecule has 108 valence electrons. The first kappa shape index (κ1) is 14.2. The minimum atomic E-state index is -0.253. The molecule has 6 heteroatoms. The molecule has 0 bridgehead atoms. The van der Waals surface area contributed by atoms with Crippen LogP contribution in [0.2, 0.25) is 0 Å². The molecule has 1 saturated heterocycles. The highest BCUT2D eigenvalue weighted by Gasteiger charge is 2.20. The quantitative estimate of drug-likeness (QED) is 0.818. The molecule has 0 amide bonds. The van der Waals surface area contributed by atoms with Gasteiger partial charge >= 0.3 is 0 Å². The minimum absolute atomic E-state index is 0.253. The first-order chi connectivity index (χ1) is 9.56. The van der Waals surface area contributed by atoms with Crippen LogP contribution < -0.4 is 0 Å². The molecule has 1 fully saturated rings. The molecule has 3 nitrogen and oxygen atoms in total. The van der Waals surface area contributed by atoms with E-state index < -0.39 is 0 Å². The van der Waals surface area contributed by atoms with Crippen molar-refractivity contribution in [2.24, 2.45) is 0 Å². The molecule has 1 unspecified atom stereocenters. The molecule has 1 N–H and O–H groups in total. The Morgan fingerprint density at radius 1 is 1.45 bits per heavy atom. The van der Waals surface area contributed by atoms with E-state index in [9.17, 15) is 4.39 Å². The van der Waals surface area contributed by atoms with Gasteiger partial charge < -0.3 is 14.5 Å². The molecule has 0 aliphatic carbocycles. The molecular weight excluding hydrogens is 341 g/mol. The molecule has 1 atom stereocenters. The van der Waals surface area contributed by atoms with Crippen LogP contribution in [0.1, 0.15) is 19.3 Å². The Hall–Kier alpha value is -0.720. The van der Waals surface area contributed by atoms with Gasteiger partial charge in [-0.3, -0.25) is 0 Å². The number of likely N-dealkylation sites (tertiary alicyclic amines) is 1. The zero-order chi connectivity index (χ0) is 14.3. The minimum Gasteiger partial charge on any atom is -0.331 e. The van der Waals surface area contributed by atoms with Crippen LogP contribution in [0.3, 0.4) is 0 Å². The Balaban J connectivity index is 2.00. The number of piperidine rings is 1. The fraction of sp³-hybridized carbons (Fsp3) is 0.500. The Kier molecular flexibility index (Phi) is 3.97. The average Bonchev–Trinajstić information content (AvgIpc) is 2.69. The van der Waals surface area contributed by atoms with Crippen molar-refractivity contribution in [2.75, 3.05) is 13.6 Å². The number of rotatable bonds is 2. The van der Waals surface area contributed by atoms with Gasteiger partial charge in [0.2, 0.25) is 0 Å². The number of aromatic amines is 1. The van der Waals surface area contributed by atoms with E-state index in [1.165, 1.54) is 19.3 Å². The summed E-state index contributed by atoms with van der Waals surface area (Å²) >= 11 is 8.61. The highest BCUT2D eigenvalue weighted by molar-refractivity contribution is 9.10. The number of imidazole rings is 1. The summed E-state index contributed by atoms with van der Waals surface area (Å²) in [5.74, 6) is -0.253. The lowest BCUT2D eigenvalue weighted by atomic mass is 10.0. The molecule has 1 aliphatic rings. The van der Waals surface area contributed by atoms with Crippen LogP contribution >= 0.6 is 28.1 Å². The highest BCUT2D eigenvalue weighted by Crippen LogP contribution is 2.25. The van der Waals surface area contributed by atoms with E-state index in [2.05, 4.69) is 32.9 Å². The van der Waals surface area contributed by atoms with E-state index in [0.29, 0.717) is 15.3 Å². The van der Waals surface area contributed by atoms with Crippen LogP contribution in [0.5, 0.6) is 0 Å². The Morgan fingerprint density at radius 2 is 2.25 bits per heavy atom. The monoisotopic (exact) mass is 357 g/mol. The molecule has 0 spiro atoms. The lowest BCUT2D eigenvalue weighted by Crippen LogP contribution is -2.39. The summed E-state index contributed by atoms with van der Waals surface area (Å²) in [6.07, 6.45) is 3.68. The number of hydrogen-bond donors (Lipinski definition) is 1. The van der Waals surface area contributed by atoms with Gasteiger partial charge in [0.1, 0.15) is 5.82 Å². The number of halogens is 2. The first-order valence-electron chi connectivity index (χ1n) is 6.84. The Labute approximate surface area is 130 Å². The van der Waals surface area contributed by atoms with Crippen molar-refractivity contribution in [2.45, 2.75) is 31.8 Å². The van der Waals surface area contributed by atoms with Crippen molar-refractivity contribution in [3.8, 4) is 0 Å². The van der Waals surface area contributed by atoms with Crippen LogP contribution in [-0.2, 0) is 6.54 Å². The van der Waals surface area contributed by atoms with Gasteiger partial charge in [0.15, 0.2) is 4.77 Å². The van der Waals surface area contributed by atoms with E-state index >= 15 is 0 Å². The molecule has 20 heavy (non-hydrogen) atoms. The average molecular weight is 358 g/mol. The number of nitrogens with zero attached hydrogens (tertiary/aromatic N) is 2. The van der Waals surface area contributed by atoms with Gasteiger partial charge in [-0.2, -0.15) is 0 Å². The van der Waals surface area contributed by atoms with Crippen molar-refractivity contribution >= 4 is 39.2 Å². The summed E-state index contributed by atoms with van der Waals surface area (Å²) in [5, 5.41) is 0. The maximum atomic E-state index is 13.8. The summed E-state index contributed by atoms with van der Waals surface area (Å²) in [5.41, 5.74) is 1.72. The second-order valence-corrected chi connectivity index (χ2v) is 6.70. The van der Waals surface area contributed by atoms with Crippen LogP contribution in [0.25, 0.3) is 11.0 Å². The van der Waals surface area contributed by atoms with E-state index in [0.717, 1.165) is 24.1 Å².